The van der Waals surface area contributed by atoms with E-state index in [9.17, 15) is 5.53 Å². The first kappa shape index (κ1) is 92.1. The van der Waals surface area contributed by atoms with Gasteiger partial charge in [0.15, 0.2) is 0 Å². The molecule has 1 heterocycles. The van der Waals surface area contributed by atoms with Crippen LogP contribution in [0.3, 0.4) is 0 Å². The Morgan fingerprint density at radius 3 is 0.755 bits per heavy atom. The molecule has 2 aromatic carbocycles. The van der Waals surface area contributed by atoms with Gasteiger partial charge < -0.3 is 5.53 Å². The molecule has 0 amide bonds. The summed E-state index contributed by atoms with van der Waals surface area (Å²) in [5.74, 6) is 0. The van der Waals surface area contributed by atoms with Crippen LogP contribution in [-0.2, 0) is 53.0 Å². The van der Waals surface area contributed by atoms with Gasteiger partial charge in [0.25, 0.3) is 0 Å². The van der Waals surface area contributed by atoms with E-state index in [1.165, 1.54) is 422 Å². The SMILES string of the molecule is CCCCC1=C(c2cc(CCCC)c(CCCC)c(CCCC)c2)[N+](=[N-])C(c2cc(CCC)c(CCC)c(CCC)c2)=C1.CCCCCCCCCCCCCCCCCCCCCCCCCC[CH2][Ni][CH2]CCCCCCCCCCCCCCCCCCCCCCCCCC. The zero-order chi connectivity index (χ0) is 70.7. The van der Waals surface area contributed by atoms with E-state index in [1.54, 1.807) is 15.8 Å². The molecule has 3 rings (SSSR count). The second-order valence-electron chi connectivity index (χ2n) is 31.4. The van der Waals surface area contributed by atoms with E-state index in [0.29, 0.717) is 0 Å². The van der Waals surface area contributed by atoms with Crippen molar-refractivity contribution in [1.29, 1.82) is 0 Å². The standard InChI is InChI=1S/C41H62N2.2C27H55.Ni/c1-8-15-22-33-28-37(29-34(23-16-9-2)39(33)25-18-11-4)41-35(24-17-10-3)30-40(43(41)42)36-26-31(19-12-5)38(21-14-7)32(27-36)20-13-6;2*1-3-5-7-9-11-13-15-17-19-21-23-25-27-26-24-22-20-18-16-14-12-10-8-6-4-2;/h26-30H,8-25H2,1-7H3;2*1,3-27H2,2H3;. The van der Waals surface area contributed by atoms with Gasteiger partial charge in [0.2, 0.25) is 11.4 Å². The molecule has 2 nitrogen and oxygen atoms in total. The van der Waals surface area contributed by atoms with E-state index in [1.807, 2.05) is 0 Å². The normalized spacial score (nSPS) is 12.5. The first-order valence-electron chi connectivity index (χ1n) is 45.1. The number of rotatable bonds is 72. The van der Waals surface area contributed by atoms with Crippen LogP contribution in [0.25, 0.3) is 16.9 Å². The minimum absolute atomic E-state index is 0.958. The van der Waals surface area contributed by atoms with Gasteiger partial charge in [-0.15, -0.1) is 0 Å². The molecular formula is C95H172N2Ni. The van der Waals surface area contributed by atoms with Crippen LogP contribution in [0.1, 0.15) is 505 Å². The Morgan fingerprint density at radius 1 is 0.235 bits per heavy atom. The Kier molecular flexibility index (Phi) is 65.2. The molecule has 0 spiro atoms. The van der Waals surface area contributed by atoms with Crippen molar-refractivity contribution >= 4 is 11.4 Å². The fraction of sp³-hybridized carbons (Fsp3) is 0.832. The Balaban J connectivity index is 0.000000684. The third-order valence-corrected chi connectivity index (χ3v) is 23.3. The number of nitrogens with zero attached hydrogens (tertiary/aromatic N) is 2. The summed E-state index contributed by atoms with van der Waals surface area (Å²) in [6.07, 6.45) is 97.3. The molecule has 2 aromatic rings. The summed E-state index contributed by atoms with van der Waals surface area (Å²) in [7, 11) is 0. The summed E-state index contributed by atoms with van der Waals surface area (Å²) >= 11 is 2.05. The molecule has 0 bridgehead atoms. The quantitative estimate of drug-likeness (QED) is 0.0358. The van der Waals surface area contributed by atoms with Crippen molar-refractivity contribution < 1.29 is 19.1 Å². The van der Waals surface area contributed by atoms with Gasteiger partial charge in [-0.25, -0.2) is 4.70 Å². The maximum atomic E-state index is 12.1. The molecule has 0 atom stereocenters. The number of allylic oxidation sites excluding steroid dienone is 2. The van der Waals surface area contributed by atoms with Gasteiger partial charge in [-0.1, -0.05) is 287 Å². The molecule has 0 aliphatic carbocycles. The van der Waals surface area contributed by atoms with Gasteiger partial charge in [0, 0.05) is 22.8 Å². The third-order valence-electron chi connectivity index (χ3n) is 21.9. The first-order chi connectivity index (χ1) is 48.4. The van der Waals surface area contributed by atoms with E-state index in [4.69, 9.17) is 0 Å². The van der Waals surface area contributed by atoms with Crippen molar-refractivity contribution in [2.45, 2.75) is 510 Å². The molecule has 1 aliphatic heterocycles. The van der Waals surface area contributed by atoms with Crippen LogP contribution in [0.5, 0.6) is 0 Å². The number of unbranched alkanes of at least 4 members (excludes halogenated alkanes) is 52. The van der Waals surface area contributed by atoms with Crippen molar-refractivity contribution in [1.82, 2.24) is 0 Å². The molecule has 0 aromatic heterocycles. The summed E-state index contributed by atoms with van der Waals surface area (Å²) in [5.41, 5.74) is 26.9. The number of aryl methyl sites for hydroxylation is 4. The first-order valence-corrected chi connectivity index (χ1v) is 46.5. The second-order valence-corrected chi connectivity index (χ2v) is 32.9. The summed E-state index contributed by atoms with van der Waals surface area (Å²) < 4.78 is 1.57. The number of hydrogen-bond donors (Lipinski definition) is 0. The predicted octanol–water partition coefficient (Wildman–Crippen LogP) is 34.0. The maximum absolute atomic E-state index is 12.1. The van der Waals surface area contributed by atoms with Crippen LogP contribution in [0.15, 0.2) is 35.9 Å². The summed E-state index contributed by atoms with van der Waals surface area (Å²) in [6.45, 7) is 20.7. The molecule has 0 unspecified atom stereocenters. The van der Waals surface area contributed by atoms with E-state index in [0.717, 1.165) is 75.6 Å². The van der Waals surface area contributed by atoms with Crippen molar-refractivity contribution in [3.63, 3.8) is 0 Å². The summed E-state index contributed by atoms with van der Waals surface area (Å²) in [4.78, 5) is 0. The molecule has 1 aliphatic rings. The van der Waals surface area contributed by atoms with Gasteiger partial charge in [0.05, 0.1) is 0 Å². The van der Waals surface area contributed by atoms with Crippen molar-refractivity contribution in [2.75, 3.05) is 0 Å². The molecular weight excluding hydrogens is 1230 g/mol. The Labute approximate surface area is 622 Å². The third kappa shape index (κ3) is 47.4. The molecule has 0 saturated heterocycles. The van der Waals surface area contributed by atoms with Gasteiger partial charge >= 0.3 is 166 Å². The van der Waals surface area contributed by atoms with Gasteiger partial charge in [-0.2, -0.15) is 0 Å². The average Bonchev–Trinajstić information content (AvgIpc) is 1.58. The topological polar surface area (TPSA) is 25.3 Å². The number of hydrogen-bond acceptors (Lipinski definition) is 0. The molecule has 0 saturated carbocycles. The molecule has 0 fully saturated rings. The minimum Gasteiger partial charge on any atom is -0.0654 e. The molecule has 0 radical (unpaired) electrons. The van der Waals surface area contributed by atoms with E-state index in [-0.39, 0.29) is 0 Å². The van der Waals surface area contributed by atoms with Crippen LogP contribution in [-0.4, -0.2) is 4.70 Å². The zero-order valence-electron chi connectivity index (χ0n) is 68.1. The van der Waals surface area contributed by atoms with Crippen molar-refractivity contribution in [2.24, 2.45) is 0 Å². The van der Waals surface area contributed by atoms with Gasteiger partial charge in [-0.3, -0.25) is 0 Å². The zero-order valence-corrected chi connectivity index (χ0v) is 69.1. The fourth-order valence-corrected chi connectivity index (χ4v) is 16.8. The Morgan fingerprint density at radius 2 is 0.469 bits per heavy atom. The minimum atomic E-state index is 0.958. The monoisotopic (exact) mass is 1400 g/mol. The van der Waals surface area contributed by atoms with Crippen LogP contribution < -0.4 is 0 Å². The average molecular weight is 1400 g/mol. The second kappa shape index (κ2) is 69.4. The van der Waals surface area contributed by atoms with Crippen LogP contribution in [0, 0.1) is 0 Å². The van der Waals surface area contributed by atoms with Crippen LogP contribution in [0.4, 0.5) is 0 Å². The predicted molar refractivity (Wildman–Crippen MR) is 441 cm³/mol. The number of benzene rings is 2. The van der Waals surface area contributed by atoms with Gasteiger partial charge in [0.1, 0.15) is 0 Å². The molecule has 572 valence electrons. The van der Waals surface area contributed by atoms with Gasteiger partial charge in [-0.05, 0) is 128 Å². The molecule has 0 N–H and O–H groups in total. The van der Waals surface area contributed by atoms with E-state index >= 15 is 0 Å². The van der Waals surface area contributed by atoms with Crippen LogP contribution in [0.2, 0.25) is 10.8 Å². The molecule has 98 heavy (non-hydrogen) atoms. The summed E-state index contributed by atoms with van der Waals surface area (Å²) in [5, 5.41) is 2.87. The van der Waals surface area contributed by atoms with Crippen molar-refractivity contribution in [3.8, 4) is 0 Å². The fourth-order valence-electron chi connectivity index (χ4n) is 15.6. The summed E-state index contributed by atoms with van der Waals surface area (Å²) in [6, 6.07) is 9.70. The molecule has 3 heteroatoms. The van der Waals surface area contributed by atoms with Crippen molar-refractivity contribution in [3.05, 3.63) is 86.0 Å². The van der Waals surface area contributed by atoms with E-state index < -0.39 is 0 Å². The Bertz CT molecular complexity index is 2050. The smallest absolute Gasteiger partial charge is 0.0654 e. The van der Waals surface area contributed by atoms with E-state index in [2.05, 4.69) is 107 Å². The van der Waals surface area contributed by atoms with Crippen LogP contribution >= 0.6 is 0 Å². The Hall–Kier alpha value is -1.99.